The fraction of sp³-hybridized carbons (Fsp3) is 0.588. The monoisotopic (exact) mass is 286 g/mol. The molecule has 1 aromatic rings. The molecule has 1 amide bonds. The smallest absolute Gasteiger partial charge is 0.262 e. The van der Waals surface area contributed by atoms with Crippen molar-refractivity contribution in [2.24, 2.45) is 17.8 Å². The fourth-order valence-corrected chi connectivity index (χ4v) is 4.42. The average molecular weight is 286 g/mol. The molecule has 3 atom stereocenters. The number of amides is 1. The second-order valence-electron chi connectivity index (χ2n) is 6.55. The summed E-state index contributed by atoms with van der Waals surface area (Å²) in [5, 5.41) is 6.41. The number of anilines is 1. The zero-order valence-corrected chi connectivity index (χ0v) is 12.4. The van der Waals surface area contributed by atoms with Crippen LogP contribution in [0.25, 0.3) is 0 Å². The Hall–Kier alpha value is -1.55. The van der Waals surface area contributed by atoms with Crippen molar-refractivity contribution in [2.45, 2.75) is 31.7 Å². The van der Waals surface area contributed by atoms with E-state index < -0.39 is 0 Å². The minimum absolute atomic E-state index is 0.0688. The van der Waals surface area contributed by atoms with Gasteiger partial charge in [0.2, 0.25) is 0 Å². The van der Waals surface area contributed by atoms with Gasteiger partial charge in [-0.05, 0) is 55.3 Å². The average Bonchev–Trinajstić information content (AvgIpc) is 3.22. The standard InChI is InChI=1S/C17H22N2O2/c1-18-17(16-11-4-2-3-5-12(11)16)10-6-7-14-13(8-10)19-15(20)9-21-14/h6-8,11-12,16-18H,2-5,9H2,1H3,(H,19,20). The van der Waals surface area contributed by atoms with Crippen LogP contribution in [0.15, 0.2) is 18.2 Å². The molecule has 2 saturated carbocycles. The van der Waals surface area contributed by atoms with Gasteiger partial charge in [-0.15, -0.1) is 0 Å². The van der Waals surface area contributed by atoms with E-state index >= 15 is 0 Å². The molecule has 0 radical (unpaired) electrons. The van der Waals surface area contributed by atoms with Gasteiger partial charge >= 0.3 is 0 Å². The molecule has 4 rings (SSSR count). The number of ether oxygens (including phenoxy) is 1. The second-order valence-corrected chi connectivity index (χ2v) is 6.55. The Balaban J connectivity index is 1.59. The molecule has 0 aromatic heterocycles. The highest BCUT2D eigenvalue weighted by atomic mass is 16.5. The highest BCUT2D eigenvalue weighted by molar-refractivity contribution is 5.95. The Labute approximate surface area is 125 Å². The quantitative estimate of drug-likeness (QED) is 0.898. The van der Waals surface area contributed by atoms with Crippen molar-refractivity contribution in [1.82, 2.24) is 5.32 Å². The van der Waals surface area contributed by atoms with Crippen LogP contribution in [0.5, 0.6) is 5.75 Å². The highest BCUT2D eigenvalue weighted by Crippen LogP contribution is 2.60. The van der Waals surface area contributed by atoms with Gasteiger partial charge in [-0.25, -0.2) is 0 Å². The Morgan fingerprint density at radius 3 is 2.76 bits per heavy atom. The number of benzene rings is 1. The van der Waals surface area contributed by atoms with E-state index in [2.05, 4.69) is 22.8 Å². The molecule has 2 aliphatic carbocycles. The maximum Gasteiger partial charge on any atom is 0.262 e. The van der Waals surface area contributed by atoms with Gasteiger partial charge in [-0.1, -0.05) is 18.9 Å². The molecular formula is C17H22N2O2. The van der Waals surface area contributed by atoms with Crippen LogP contribution < -0.4 is 15.4 Å². The Morgan fingerprint density at radius 1 is 1.29 bits per heavy atom. The lowest BCUT2D eigenvalue weighted by Gasteiger charge is -2.22. The van der Waals surface area contributed by atoms with Crippen LogP contribution in [0, 0.1) is 17.8 Å². The summed E-state index contributed by atoms with van der Waals surface area (Å²) in [6.45, 7) is 0.120. The van der Waals surface area contributed by atoms with Gasteiger partial charge in [-0.3, -0.25) is 4.79 Å². The molecule has 1 aromatic carbocycles. The van der Waals surface area contributed by atoms with E-state index in [1.54, 1.807) is 0 Å². The molecule has 0 spiro atoms. The van der Waals surface area contributed by atoms with Crippen LogP contribution in [0.2, 0.25) is 0 Å². The minimum Gasteiger partial charge on any atom is -0.482 e. The summed E-state index contributed by atoms with van der Waals surface area (Å²) in [5.74, 6) is 3.27. The van der Waals surface area contributed by atoms with E-state index in [1.165, 1.54) is 31.2 Å². The number of hydrogen-bond donors (Lipinski definition) is 2. The maximum atomic E-state index is 11.5. The van der Waals surface area contributed by atoms with Crippen molar-refractivity contribution in [3.8, 4) is 5.75 Å². The molecular weight excluding hydrogens is 264 g/mol. The zero-order chi connectivity index (χ0) is 14.4. The largest absolute Gasteiger partial charge is 0.482 e. The first kappa shape index (κ1) is 13.1. The number of fused-ring (bicyclic) bond motifs is 2. The van der Waals surface area contributed by atoms with Gasteiger partial charge in [0.15, 0.2) is 6.61 Å². The first-order chi connectivity index (χ1) is 10.3. The third-order valence-electron chi connectivity index (χ3n) is 5.41. The maximum absolute atomic E-state index is 11.5. The van der Waals surface area contributed by atoms with Crippen molar-refractivity contribution in [1.29, 1.82) is 0 Å². The normalized spacial score (nSPS) is 31.5. The molecule has 4 nitrogen and oxygen atoms in total. The van der Waals surface area contributed by atoms with Crippen LogP contribution in [0.1, 0.15) is 37.3 Å². The predicted molar refractivity (Wildman–Crippen MR) is 81.3 cm³/mol. The van der Waals surface area contributed by atoms with Crippen LogP contribution >= 0.6 is 0 Å². The predicted octanol–water partition coefficient (Wildman–Crippen LogP) is 2.71. The third kappa shape index (κ3) is 2.22. The summed E-state index contributed by atoms with van der Waals surface area (Å²) < 4.78 is 5.44. The minimum atomic E-state index is -0.0688. The Bertz CT molecular complexity index is 560. The number of carbonyl (C=O) groups excluding carboxylic acids is 1. The van der Waals surface area contributed by atoms with E-state index in [0.717, 1.165) is 29.2 Å². The molecule has 112 valence electrons. The van der Waals surface area contributed by atoms with Crippen molar-refractivity contribution < 1.29 is 9.53 Å². The lowest BCUT2D eigenvalue weighted by Crippen LogP contribution is -2.26. The summed E-state index contributed by atoms with van der Waals surface area (Å²) >= 11 is 0. The molecule has 0 bridgehead atoms. The molecule has 21 heavy (non-hydrogen) atoms. The first-order valence-corrected chi connectivity index (χ1v) is 8.02. The van der Waals surface area contributed by atoms with Gasteiger partial charge in [0, 0.05) is 6.04 Å². The summed E-state index contributed by atoms with van der Waals surface area (Å²) in [6, 6.07) is 6.60. The number of carbonyl (C=O) groups is 1. The second kappa shape index (κ2) is 5.02. The molecule has 4 heteroatoms. The molecule has 3 unspecified atom stereocenters. The van der Waals surface area contributed by atoms with Crippen LogP contribution in [-0.4, -0.2) is 19.6 Å². The van der Waals surface area contributed by atoms with Gasteiger partial charge in [0.05, 0.1) is 5.69 Å². The molecule has 0 saturated heterocycles. The first-order valence-electron chi connectivity index (χ1n) is 8.02. The van der Waals surface area contributed by atoms with Crippen molar-refractivity contribution in [3.05, 3.63) is 23.8 Å². The SMILES string of the molecule is CNC(c1ccc2c(c1)NC(=O)CO2)C1C2CCCCC21. The van der Waals surface area contributed by atoms with Crippen LogP contribution in [0.3, 0.4) is 0 Å². The molecule has 1 aliphatic heterocycles. The van der Waals surface area contributed by atoms with Crippen molar-refractivity contribution in [3.63, 3.8) is 0 Å². The topological polar surface area (TPSA) is 50.4 Å². The Morgan fingerprint density at radius 2 is 2.05 bits per heavy atom. The van der Waals surface area contributed by atoms with Gasteiger partial charge in [0.1, 0.15) is 5.75 Å². The Kier molecular flexibility index (Phi) is 3.14. The molecule has 2 N–H and O–H groups in total. The van der Waals surface area contributed by atoms with E-state index in [1.807, 2.05) is 13.1 Å². The molecule has 3 aliphatic rings. The summed E-state index contributed by atoms with van der Waals surface area (Å²) in [5.41, 5.74) is 2.08. The van der Waals surface area contributed by atoms with Crippen LogP contribution in [-0.2, 0) is 4.79 Å². The number of rotatable bonds is 3. The van der Waals surface area contributed by atoms with Crippen LogP contribution in [0.4, 0.5) is 5.69 Å². The van der Waals surface area contributed by atoms with E-state index in [-0.39, 0.29) is 12.5 Å². The van der Waals surface area contributed by atoms with E-state index in [0.29, 0.717) is 6.04 Å². The lowest BCUT2D eigenvalue weighted by molar-refractivity contribution is -0.118. The van der Waals surface area contributed by atoms with Gasteiger partial charge in [0.25, 0.3) is 5.91 Å². The zero-order valence-electron chi connectivity index (χ0n) is 12.4. The van der Waals surface area contributed by atoms with Crippen molar-refractivity contribution in [2.75, 3.05) is 19.0 Å². The fourth-order valence-electron chi connectivity index (χ4n) is 4.42. The van der Waals surface area contributed by atoms with Crippen molar-refractivity contribution >= 4 is 11.6 Å². The number of nitrogens with one attached hydrogen (secondary N) is 2. The third-order valence-corrected chi connectivity index (χ3v) is 5.41. The highest BCUT2D eigenvalue weighted by Gasteiger charge is 2.54. The number of hydrogen-bond acceptors (Lipinski definition) is 3. The molecule has 1 heterocycles. The van der Waals surface area contributed by atoms with Gasteiger partial charge < -0.3 is 15.4 Å². The lowest BCUT2D eigenvalue weighted by atomic mass is 9.99. The van der Waals surface area contributed by atoms with E-state index in [9.17, 15) is 4.79 Å². The van der Waals surface area contributed by atoms with E-state index in [4.69, 9.17) is 4.74 Å². The summed E-state index contributed by atoms with van der Waals surface area (Å²) in [7, 11) is 2.05. The summed E-state index contributed by atoms with van der Waals surface area (Å²) in [4.78, 5) is 11.5. The molecule has 2 fully saturated rings. The van der Waals surface area contributed by atoms with Gasteiger partial charge in [-0.2, -0.15) is 0 Å². The summed E-state index contributed by atoms with van der Waals surface area (Å²) in [6.07, 6.45) is 5.56.